The van der Waals surface area contributed by atoms with Gasteiger partial charge in [0.2, 0.25) is 0 Å². The second-order valence-corrected chi connectivity index (χ2v) is 9.63. The second kappa shape index (κ2) is 7.22. The lowest BCUT2D eigenvalue weighted by molar-refractivity contribution is 0.780. The summed E-state index contributed by atoms with van der Waals surface area (Å²) < 4.78 is -1.42. The maximum atomic E-state index is 6.97. The monoisotopic (exact) mass is 444 g/mol. The van der Waals surface area contributed by atoms with Crippen molar-refractivity contribution in [1.82, 2.24) is 0 Å². The van der Waals surface area contributed by atoms with E-state index in [4.69, 9.17) is 46.4 Å². The van der Waals surface area contributed by atoms with Crippen LogP contribution in [0.4, 0.5) is 11.4 Å². The number of nitrogens with zero attached hydrogens (tertiary/aromatic N) is 2. The van der Waals surface area contributed by atoms with Crippen LogP contribution < -0.4 is 9.80 Å². The van der Waals surface area contributed by atoms with Crippen LogP contribution in [0.15, 0.2) is 24.3 Å². The Balaban J connectivity index is 2.20. The van der Waals surface area contributed by atoms with E-state index >= 15 is 0 Å². The number of hydrogen-bond acceptors (Lipinski definition) is 2. The van der Waals surface area contributed by atoms with Crippen LogP contribution in [0.3, 0.4) is 0 Å². The van der Waals surface area contributed by atoms with Crippen molar-refractivity contribution in [2.45, 2.75) is 57.1 Å². The van der Waals surface area contributed by atoms with Crippen LogP contribution in [0.1, 0.15) is 33.4 Å². The first-order valence-electron chi connectivity index (χ1n) is 8.87. The minimum absolute atomic E-state index is 0.595. The van der Waals surface area contributed by atoms with Crippen LogP contribution in [0, 0.1) is 41.5 Å². The van der Waals surface area contributed by atoms with Crippen molar-refractivity contribution in [3.63, 3.8) is 0 Å². The van der Waals surface area contributed by atoms with E-state index in [2.05, 4.69) is 38.1 Å². The van der Waals surface area contributed by atoms with Crippen LogP contribution in [-0.4, -0.2) is 15.6 Å². The van der Waals surface area contributed by atoms with Crippen molar-refractivity contribution < 1.29 is 0 Å². The molecule has 2 nitrogen and oxygen atoms in total. The molecule has 1 heterocycles. The zero-order valence-corrected chi connectivity index (χ0v) is 19.4. The van der Waals surface area contributed by atoms with Gasteiger partial charge in [0.15, 0.2) is 0 Å². The molecule has 0 spiro atoms. The average molecular weight is 446 g/mol. The average Bonchev–Trinajstić information content (AvgIpc) is 2.67. The Bertz CT molecular complexity index is 776. The van der Waals surface area contributed by atoms with Crippen molar-refractivity contribution in [1.29, 1.82) is 0 Å². The standard InChI is InChI=1S/C21H24Cl4N2/c1-11-7-13(3)17(14(4)8-11)26-19(22)20(23)27(21(26,24)25)18-15(5)9-12(2)10-16(18)6/h7-10,19-20H,1-6H3. The summed E-state index contributed by atoms with van der Waals surface area (Å²) in [5.41, 5.74) is 7.25. The molecule has 0 aromatic heterocycles. The van der Waals surface area contributed by atoms with E-state index in [0.717, 1.165) is 33.6 Å². The van der Waals surface area contributed by atoms with Crippen molar-refractivity contribution in [3.8, 4) is 0 Å². The molecule has 1 aliphatic rings. The summed E-state index contributed by atoms with van der Waals surface area (Å²) in [4.78, 5) is 3.64. The summed E-state index contributed by atoms with van der Waals surface area (Å²) in [5.74, 6) is 0. The van der Waals surface area contributed by atoms with Gasteiger partial charge in [0.25, 0.3) is 4.58 Å². The number of rotatable bonds is 2. The van der Waals surface area contributed by atoms with Gasteiger partial charge < -0.3 is 9.80 Å². The van der Waals surface area contributed by atoms with E-state index in [-0.39, 0.29) is 0 Å². The Morgan fingerprint density at radius 2 is 0.889 bits per heavy atom. The van der Waals surface area contributed by atoms with E-state index < -0.39 is 15.6 Å². The van der Waals surface area contributed by atoms with Gasteiger partial charge in [-0.3, -0.25) is 0 Å². The zero-order valence-electron chi connectivity index (χ0n) is 16.4. The second-order valence-electron chi connectivity index (χ2n) is 7.49. The van der Waals surface area contributed by atoms with Crippen molar-refractivity contribution in [2.75, 3.05) is 9.80 Å². The number of alkyl halides is 4. The van der Waals surface area contributed by atoms with Crippen LogP contribution in [-0.2, 0) is 0 Å². The lowest BCUT2D eigenvalue weighted by Gasteiger charge is -2.38. The molecule has 0 aliphatic carbocycles. The quantitative estimate of drug-likeness (QED) is 0.359. The zero-order chi connectivity index (χ0) is 20.3. The van der Waals surface area contributed by atoms with Crippen molar-refractivity contribution in [3.05, 3.63) is 57.6 Å². The van der Waals surface area contributed by atoms with Gasteiger partial charge in [0, 0.05) is 11.4 Å². The summed E-state index contributed by atoms with van der Waals surface area (Å²) >= 11 is 27.5. The Kier molecular flexibility index (Phi) is 5.60. The topological polar surface area (TPSA) is 6.48 Å². The maximum absolute atomic E-state index is 6.97. The van der Waals surface area contributed by atoms with Gasteiger partial charge in [-0.05, 0) is 63.8 Å². The third kappa shape index (κ3) is 3.40. The van der Waals surface area contributed by atoms with E-state index in [1.807, 2.05) is 37.5 Å². The minimum atomic E-state index is -1.42. The third-order valence-electron chi connectivity index (χ3n) is 5.05. The predicted molar refractivity (Wildman–Crippen MR) is 120 cm³/mol. The van der Waals surface area contributed by atoms with Gasteiger partial charge in [-0.2, -0.15) is 0 Å². The first kappa shape index (κ1) is 20.9. The molecule has 0 radical (unpaired) electrons. The fourth-order valence-corrected chi connectivity index (χ4v) is 5.94. The molecule has 2 aromatic rings. The molecule has 3 rings (SSSR count). The Morgan fingerprint density at radius 3 is 1.15 bits per heavy atom. The first-order chi connectivity index (χ1) is 12.5. The van der Waals surface area contributed by atoms with Gasteiger partial charge >= 0.3 is 0 Å². The highest BCUT2D eigenvalue weighted by Crippen LogP contribution is 2.52. The summed E-state index contributed by atoms with van der Waals surface area (Å²) in [6, 6.07) is 8.41. The molecule has 1 fully saturated rings. The molecule has 146 valence electrons. The maximum Gasteiger partial charge on any atom is 0.273 e. The van der Waals surface area contributed by atoms with Gasteiger partial charge in [-0.15, -0.1) is 0 Å². The van der Waals surface area contributed by atoms with Gasteiger partial charge in [0.1, 0.15) is 11.0 Å². The van der Waals surface area contributed by atoms with E-state index in [9.17, 15) is 0 Å². The van der Waals surface area contributed by atoms with Gasteiger partial charge in [0.05, 0.1) is 0 Å². The highest BCUT2D eigenvalue weighted by molar-refractivity contribution is 6.53. The number of halogens is 4. The van der Waals surface area contributed by atoms with Gasteiger partial charge in [-0.1, -0.05) is 81.8 Å². The highest BCUT2D eigenvalue weighted by atomic mass is 35.5. The molecule has 2 aromatic carbocycles. The summed E-state index contributed by atoms with van der Waals surface area (Å²) in [6.07, 6.45) is 0. The smallest absolute Gasteiger partial charge is 0.273 e. The molecule has 2 atom stereocenters. The van der Waals surface area contributed by atoms with Crippen LogP contribution in [0.5, 0.6) is 0 Å². The van der Waals surface area contributed by atoms with Crippen molar-refractivity contribution in [2.24, 2.45) is 0 Å². The molecule has 0 saturated carbocycles. The first-order valence-corrected chi connectivity index (χ1v) is 10.5. The van der Waals surface area contributed by atoms with E-state index in [0.29, 0.717) is 0 Å². The Morgan fingerprint density at radius 1 is 0.630 bits per heavy atom. The van der Waals surface area contributed by atoms with Gasteiger partial charge in [-0.25, -0.2) is 0 Å². The van der Waals surface area contributed by atoms with Crippen LogP contribution in [0.2, 0.25) is 0 Å². The molecule has 1 saturated heterocycles. The highest BCUT2D eigenvalue weighted by Gasteiger charge is 2.56. The molecule has 0 N–H and O–H groups in total. The molecular formula is C21H24Cl4N2. The van der Waals surface area contributed by atoms with Crippen LogP contribution >= 0.6 is 46.4 Å². The summed E-state index contributed by atoms with van der Waals surface area (Å²) in [7, 11) is 0. The number of aryl methyl sites for hydroxylation is 6. The fourth-order valence-electron chi connectivity index (χ4n) is 4.28. The predicted octanol–water partition coefficient (Wildman–Crippen LogP) is 7.08. The molecule has 0 amide bonds. The fraction of sp³-hybridized carbons (Fsp3) is 0.429. The molecule has 0 bridgehead atoms. The Hall–Kier alpha value is -0.800. The number of benzene rings is 2. The molecule has 27 heavy (non-hydrogen) atoms. The lowest BCUT2D eigenvalue weighted by Crippen LogP contribution is -2.46. The molecule has 2 unspecified atom stereocenters. The lowest BCUT2D eigenvalue weighted by atomic mass is 10.0. The largest absolute Gasteiger partial charge is 0.303 e. The molecule has 6 heteroatoms. The Labute approximate surface area is 181 Å². The van der Waals surface area contributed by atoms with E-state index in [1.54, 1.807) is 0 Å². The number of anilines is 2. The molecular weight excluding hydrogens is 422 g/mol. The summed E-state index contributed by atoms with van der Waals surface area (Å²) in [5, 5.41) is 0. The minimum Gasteiger partial charge on any atom is -0.303 e. The summed E-state index contributed by atoms with van der Waals surface area (Å²) in [6.45, 7) is 12.3. The van der Waals surface area contributed by atoms with E-state index in [1.165, 1.54) is 11.1 Å². The molecule has 1 aliphatic heterocycles. The third-order valence-corrected chi connectivity index (χ3v) is 6.78. The SMILES string of the molecule is Cc1cc(C)c(N2C(Cl)C(Cl)N(c3c(C)cc(C)cc3C)C2(Cl)Cl)c(C)c1. The number of hydrogen-bond donors (Lipinski definition) is 0. The van der Waals surface area contributed by atoms with Crippen molar-refractivity contribution >= 4 is 57.8 Å². The normalized spacial score (nSPS) is 21.9. The van der Waals surface area contributed by atoms with Crippen LogP contribution in [0.25, 0.3) is 0 Å².